The molecule has 106 valence electrons. The van der Waals surface area contributed by atoms with E-state index in [9.17, 15) is 4.39 Å². The van der Waals surface area contributed by atoms with Crippen molar-refractivity contribution in [1.82, 2.24) is 0 Å². The Morgan fingerprint density at radius 3 is 2.35 bits per heavy atom. The van der Waals surface area contributed by atoms with Crippen LogP contribution in [0.1, 0.15) is 17.2 Å². The van der Waals surface area contributed by atoms with E-state index in [1.165, 1.54) is 12.1 Å². The van der Waals surface area contributed by atoms with Gasteiger partial charge in [-0.3, -0.25) is 0 Å². The molecule has 0 aliphatic rings. The van der Waals surface area contributed by atoms with Crippen molar-refractivity contribution in [3.63, 3.8) is 0 Å². The lowest BCUT2D eigenvalue weighted by molar-refractivity contribution is 0.390. The first-order chi connectivity index (χ1) is 9.63. The number of rotatable bonds is 5. The number of ether oxygens (including phenoxy) is 2. The number of halogens is 1. The summed E-state index contributed by atoms with van der Waals surface area (Å²) in [7, 11) is 3.22. The minimum Gasteiger partial charge on any atom is -0.497 e. The van der Waals surface area contributed by atoms with Crippen molar-refractivity contribution in [3.05, 3.63) is 59.4 Å². The van der Waals surface area contributed by atoms with Crippen molar-refractivity contribution in [2.75, 3.05) is 14.2 Å². The van der Waals surface area contributed by atoms with E-state index in [0.717, 1.165) is 22.6 Å². The summed E-state index contributed by atoms with van der Waals surface area (Å²) in [5.41, 5.74) is 8.05. The maximum absolute atomic E-state index is 12.9. The van der Waals surface area contributed by atoms with Gasteiger partial charge in [0.25, 0.3) is 0 Å². The first kappa shape index (κ1) is 14.3. The van der Waals surface area contributed by atoms with Crippen LogP contribution in [0.2, 0.25) is 0 Å². The molecule has 0 aliphatic heterocycles. The monoisotopic (exact) mass is 275 g/mol. The summed E-state index contributed by atoms with van der Waals surface area (Å²) >= 11 is 0. The molecule has 0 amide bonds. The molecule has 4 heteroatoms. The fourth-order valence-corrected chi connectivity index (χ4v) is 2.09. The fraction of sp³-hybridized carbons (Fsp3) is 0.250. The van der Waals surface area contributed by atoms with E-state index >= 15 is 0 Å². The average molecular weight is 275 g/mol. The van der Waals surface area contributed by atoms with Gasteiger partial charge in [-0.25, -0.2) is 4.39 Å². The van der Waals surface area contributed by atoms with E-state index in [4.69, 9.17) is 15.2 Å². The summed E-state index contributed by atoms with van der Waals surface area (Å²) in [6.07, 6.45) is 0.610. The summed E-state index contributed by atoms with van der Waals surface area (Å²) in [4.78, 5) is 0. The Labute approximate surface area is 118 Å². The molecule has 1 atom stereocenters. The first-order valence-electron chi connectivity index (χ1n) is 6.36. The lowest BCUT2D eigenvalue weighted by atomic mass is 9.99. The second kappa shape index (κ2) is 6.39. The summed E-state index contributed by atoms with van der Waals surface area (Å²) in [5, 5.41) is 0. The zero-order valence-electron chi connectivity index (χ0n) is 11.6. The Morgan fingerprint density at radius 1 is 1.05 bits per heavy atom. The van der Waals surface area contributed by atoms with Gasteiger partial charge in [0.1, 0.15) is 17.3 Å². The smallest absolute Gasteiger partial charge is 0.125 e. The summed E-state index contributed by atoms with van der Waals surface area (Å²) in [6.45, 7) is 0. The largest absolute Gasteiger partial charge is 0.497 e. The molecule has 0 aromatic heterocycles. The van der Waals surface area contributed by atoms with Crippen LogP contribution in [0.15, 0.2) is 42.5 Å². The Kier molecular flexibility index (Phi) is 4.58. The second-order valence-corrected chi connectivity index (χ2v) is 4.54. The number of methoxy groups -OCH3 is 2. The summed E-state index contributed by atoms with van der Waals surface area (Å²) < 4.78 is 23.4. The number of hydrogen-bond donors (Lipinski definition) is 1. The Balaban J connectivity index is 2.18. The van der Waals surface area contributed by atoms with Gasteiger partial charge >= 0.3 is 0 Å². The van der Waals surface area contributed by atoms with Gasteiger partial charge in [0.15, 0.2) is 0 Å². The van der Waals surface area contributed by atoms with Crippen molar-refractivity contribution in [3.8, 4) is 11.5 Å². The molecule has 2 aromatic carbocycles. The highest BCUT2D eigenvalue weighted by Gasteiger charge is 2.12. The van der Waals surface area contributed by atoms with Gasteiger partial charge in [-0.05, 0) is 35.7 Å². The predicted octanol–water partition coefficient (Wildman–Crippen LogP) is 3.09. The molecule has 1 unspecified atom stereocenters. The Hall–Kier alpha value is -2.07. The van der Waals surface area contributed by atoms with Crippen LogP contribution >= 0.6 is 0 Å². The lowest BCUT2D eigenvalue weighted by Gasteiger charge is -2.15. The average Bonchev–Trinajstić information content (AvgIpc) is 2.48. The van der Waals surface area contributed by atoms with E-state index < -0.39 is 0 Å². The summed E-state index contributed by atoms with van der Waals surface area (Å²) in [5.74, 6) is 1.21. The zero-order chi connectivity index (χ0) is 14.5. The first-order valence-corrected chi connectivity index (χ1v) is 6.36. The Morgan fingerprint density at radius 2 is 1.75 bits per heavy atom. The third-order valence-electron chi connectivity index (χ3n) is 3.23. The van der Waals surface area contributed by atoms with Crippen molar-refractivity contribution in [2.45, 2.75) is 12.5 Å². The molecule has 0 fully saturated rings. The van der Waals surface area contributed by atoms with Gasteiger partial charge < -0.3 is 15.2 Å². The number of benzene rings is 2. The van der Waals surface area contributed by atoms with Gasteiger partial charge in [0, 0.05) is 12.1 Å². The summed E-state index contributed by atoms with van der Waals surface area (Å²) in [6, 6.07) is 11.7. The van der Waals surface area contributed by atoms with E-state index in [2.05, 4.69) is 0 Å². The second-order valence-electron chi connectivity index (χ2n) is 4.54. The number of nitrogens with two attached hydrogens (primary N) is 1. The molecule has 0 saturated carbocycles. The van der Waals surface area contributed by atoms with Crippen LogP contribution < -0.4 is 15.2 Å². The molecule has 20 heavy (non-hydrogen) atoms. The molecule has 2 aromatic rings. The highest BCUT2D eigenvalue weighted by atomic mass is 19.1. The highest BCUT2D eigenvalue weighted by Crippen LogP contribution is 2.28. The normalized spacial score (nSPS) is 12.0. The quantitative estimate of drug-likeness (QED) is 0.912. The molecule has 0 aliphatic carbocycles. The molecular formula is C16H18FNO2. The fourth-order valence-electron chi connectivity index (χ4n) is 2.09. The van der Waals surface area contributed by atoms with Gasteiger partial charge in [0.05, 0.1) is 14.2 Å². The van der Waals surface area contributed by atoms with Gasteiger partial charge in [-0.2, -0.15) is 0 Å². The molecule has 0 heterocycles. The molecule has 2 N–H and O–H groups in total. The van der Waals surface area contributed by atoms with Crippen molar-refractivity contribution in [2.24, 2.45) is 5.73 Å². The SMILES string of the molecule is COc1ccc(CC(N)c2ccc(F)cc2)c(OC)c1. The molecule has 0 radical (unpaired) electrons. The van der Waals surface area contributed by atoms with Crippen molar-refractivity contribution >= 4 is 0 Å². The van der Waals surface area contributed by atoms with Crippen LogP contribution in [-0.4, -0.2) is 14.2 Å². The maximum atomic E-state index is 12.9. The van der Waals surface area contributed by atoms with E-state index in [-0.39, 0.29) is 11.9 Å². The molecular weight excluding hydrogens is 257 g/mol. The topological polar surface area (TPSA) is 44.5 Å². The van der Waals surface area contributed by atoms with Gasteiger partial charge in [-0.1, -0.05) is 18.2 Å². The maximum Gasteiger partial charge on any atom is 0.125 e. The van der Waals surface area contributed by atoms with Crippen LogP contribution in [0.4, 0.5) is 4.39 Å². The van der Waals surface area contributed by atoms with Gasteiger partial charge in [0.2, 0.25) is 0 Å². The highest BCUT2D eigenvalue weighted by molar-refractivity contribution is 5.41. The zero-order valence-corrected chi connectivity index (χ0v) is 11.6. The predicted molar refractivity (Wildman–Crippen MR) is 76.6 cm³/mol. The van der Waals surface area contributed by atoms with Crippen LogP contribution in [0.3, 0.4) is 0 Å². The lowest BCUT2D eigenvalue weighted by Crippen LogP contribution is -2.14. The third-order valence-corrected chi connectivity index (χ3v) is 3.23. The van der Waals surface area contributed by atoms with Crippen LogP contribution in [0, 0.1) is 5.82 Å². The van der Waals surface area contributed by atoms with Crippen molar-refractivity contribution in [1.29, 1.82) is 0 Å². The third kappa shape index (κ3) is 3.27. The van der Waals surface area contributed by atoms with E-state index in [1.54, 1.807) is 26.4 Å². The van der Waals surface area contributed by atoms with E-state index in [0.29, 0.717) is 6.42 Å². The molecule has 3 nitrogen and oxygen atoms in total. The number of hydrogen-bond acceptors (Lipinski definition) is 3. The minimum atomic E-state index is -0.261. The molecule has 2 rings (SSSR count). The van der Waals surface area contributed by atoms with Gasteiger partial charge in [-0.15, -0.1) is 0 Å². The standard InChI is InChI=1S/C16H18FNO2/c1-19-14-8-5-12(16(10-14)20-2)9-15(18)11-3-6-13(17)7-4-11/h3-8,10,15H,9,18H2,1-2H3. The molecule has 0 bridgehead atoms. The van der Waals surface area contributed by atoms with Crippen LogP contribution in [0.25, 0.3) is 0 Å². The van der Waals surface area contributed by atoms with Crippen molar-refractivity contribution < 1.29 is 13.9 Å². The van der Waals surface area contributed by atoms with Crippen LogP contribution in [-0.2, 0) is 6.42 Å². The minimum absolute atomic E-state index is 0.210. The van der Waals surface area contributed by atoms with Crippen LogP contribution in [0.5, 0.6) is 11.5 Å². The van der Waals surface area contributed by atoms with E-state index in [1.807, 2.05) is 18.2 Å². The molecule has 0 saturated heterocycles. The Bertz CT molecular complexity index is 569. The molecule has 0 spiro atoms.